The van der Waals surface area contributed by atoms with E-state index in [-0.39, 0.29) is 4.83 Å². The smallest absolute Gasteiger partial charge is 0.139 e. The molecule has 0 aliphatic heterocycles. The maximum Gasteiger partial charge on any atom is 0.139 e. The molecule has 0 aromatic heterocycles. The van der Waals surface area contributed by atoms with Crippen LogP contribution in [-0.4, -0.2) is 24.4 Å². The zero-order valence-electron chi connectivity index (χ0n) is 7.98. The van der Waals surface area contributed by atoms with Crippen molar-refractivity contribution in [3.8, 4) is 5.75 Å². The Bertz CT molecular complexity index is 382. The van der Waals surface area contributed by atoms with E-state index in [2.05, 4.69) is 20.9 Å². The molecule has 15 heavy (non-hydrogen) atoms. The minimum absolute atomic E-state index is 0.376. The van der Waals surface area contributed by atoms with Gasteiger partial charge in [0.25, 0.3) is 0 Å². The van der Waals surface area contributed by atoms with E-state index < -0.39 is 0 Å². The summed E-state index contributed by atoms with van der Waals surface area (Å²) in [4.78, 5) is 14.0. The highest BCUT2D eigenvalue weighted by atomic mass is 79.9. The number of ether oxygens (including phenoxy) is 1. The highest BCUT2D eigenvalue weighted by Gasteiger charge is 2.01. The minimum Gasteiger partial charge on any atom is -0.495 e. The number of rotatable bonds is 4. The van der Waals surface area contributed by atoms with Crippen molar-refractivity contribution in [1.29, 1.82) is 0 Å². The van der Waals surface area contributed by atoms with Crippen LogP contribution < -0.4 is 4.74 Å². The van der Waals surface area contributed by atoms with Crippen molar-refractivity contribution in [3.63, 3.8) is 0 Å². The number of methoxy groups -OCH3 is 1. The van der Waals surface area contributed by atoms with Crippen molar-refractivity contribution in [1.82, 2.24) is 0 Å². The van der Waals surface area contributed by atoms with Gasteiger partial charge in [0.2, 0.25) is 0 Å². The van der Waals surface area contributed by atoms with E-state index in [1.54, 1.807) is 18.2 Å². The molecule has 1 atom stereocenters. The number of halogens is 2. The molecule has 1 rings (SSSR count). The molecule has 1 aromatic carbocycles. The van der Waals surface area contributed by atoms with Crippen LogP contribution in [0.2, 0.25) is 5.02 Å². The Morgan fingerprint density at radius 2 is 2.33 bits per heavy atom. The number of hydrogen-bond acceptors (Lipinski definition) is 3. The summed E-state index contributed by atoms with van der Waals surface area (Å²) in [5.41, 5.74) is 0.683. The summed E-state index contributed by atoms with van der Waals surface area (Å²) in [6, 6.07) is 5.13. The zero-order valence-corrected chi connectivity index (χ0v) is 10.3. The predicted molar refractivity (Wildman–Crippen MR) is 64.9 cm³/mol. The summed E-state index contributed by atoms with van der Waals surface area (Å²) in [5.74, 6) is 0.559. The van der Waals surface area contributed by atoms with Crippen LogP contribution in [-0.2, 0) is 4.79 Å². The molecular weight excluding hydrogens is 281 g/mol. The van der Waals surface area contributed by atoms with Crippen LogP contribution in [0, 0.1) is 0 Å². The third kappa shape index (κ3) is 3.64. The van der Waals surface area contributed by atoms with Gasteiger partial charge in [0, 0.05) is 12.3 Å². The second kappa shape index (κ2) is 5.88. The van der Waals surface area contributed by atoms with Gasteiger partial charge in [-0.15, -0.1) is 0 Å². The molecule has 0 spiro atoms. The van der Waals surface area contributed by atoms with Crippen LogP contribution >= 0.6 is 27.5 Å². The number of alkyl halides is 1. The van der Waals surface area contributed by atoms with Gasteiger partial charge >= 0.3 is 0 Å². The number of carbonyl (C=O) groups excluding carboxylic acids is 1. The largest absolute Gasteiger partial charge is 0.495 e. The first-order valence-corrected chi connectivity index (χ1v) is 5.44. The zero-order chi connectivity index (χ0) is 11.3. The molecule has 0 saturated heterocycles. The Kier molecular flexibility index (Phi) is 4.78. The van der Waals surface area contributed by atoms with Crippen LogP contribution in [0.25, 0.3) is 0 Å². The molecule has 0 fully saturated rings. The van der Waals surface area contributed by atoms with Gasteiger partial charge in [0.1, 0.15) is 16.9 Å². The first-order valence-electron chi connectivity index (χ1n) is 4.14. The molecule has 0 aliphatic carbocycles. The number of aldehydes is 1. The van der Waals surface area contributed by atoms with Crippen LogP contribution in [0.3, 0.4) is 0 Å². The number of carbonyl (C=O) groups is 1. The van der Waals surface area contributed by atoms with Crippen LogP contribution in [0.15, 0.2) is 23.2 Å². The predicted octanol–water partition coefficient (Wildman–Crippen LogP) is 3.01. The minimum atomic E-state index is -0.376. The van der Waals surface area contributed by atoms with Crippen molar-refractivity contribution in [2.75, 3.05) is 7.11 Å². The van der Waals surface area contributed by atoms with Gasteiger partial charge in [0.05, 0.1) is 17.8 Å². The Balaban J connectivity index is 2.87. The summed E-state index contributed by atoms with van der Waals surface area (Å²) in [5, 5.41) is 0.530. The van der Waals surface area contributed by atoms with Crippen molar-refractivity contribution >= 4 is 45.7 Å². The van der Waals surface area contributed by atoms with E-state index in [4.69, 9.17) is 16.3 Å². The maximum atomic E-state index is 10.3. The molecule has 0 saturated carbocycles. The van der Waals surface area contributed by atoms with E-state index in [9.17, 15) is 4.79 Å². The molecule has 1 unspecified atom stereocenters. The summed E-state index contributed by atoms with van der Waals surface area (Å²) in [7, 11) is 1.54. The van der Waals surface area contributed by atoms with E-state index in [1.165, 1.54) is 13.3 Å². The SMILES string of the molecule is COc1cc(N=CC(Br)C=O)ccc1Cl. The fourth-order valence-electron chi connectivity index (χ4n) is 0.921. The summed E-state index contributed by atoms with van der Waals surface area (Å²) in [6.07, 6.45) is 2.24. The van der Waals surface area contributed by atoms with Gasteiger partial charge in [-0.05, 0) is 12.1 Å². The lowest BCUT2D eigenvalue weighted by Gasteiger charge is -2.03. The molecule has 0 N–H and O–H groups in total. The van der Waals surface area contributed by atoms with E-state index in [0.29, 0.717) is 16.5 Å². The molecule has 80 valence electrons. The normalized spacial score (nSPS) is 12.7. The van der Waals surface area contributed by atoms with Gasteiger partial charge in [0.15, 0.2) is 0 Å². The lowest BCUT2D eigenvalue weighted by Crippen LogP contribution is -1.98. The van der Waals surface area contributed by atoms with Crippen molar-refractivity contribution in [2.45, 2.75) is 4.83 Å². The highest BCUT2D eigenvalue weighted by molar-refractivity contribution is 9.10. The molecule has 0 radical (unpaired) electrons. The van der Waals surface area contributed by atoms with Crippen molar-refractivity contribution in [3.05, 3.63) is 23.2 Å². The first kappa shape index (κ1) is 12.2. The molecule has 0 aliphatic rings. The number of aliphatic imine (C=N–C) groups is 1. The standard InChI is InChI=1S/C10H9BrClNO2/c1-15-10-4-8(2-3-9(10)12)13-5-7(11)6-14/h2-7H,1H3. The van der Waals surface area contributed by atoms with E-state index in [1.807, 2.05) is 0 Å². The van der Waals surface area contributed by atoms with Gasteiger partial charge < -0.3 is 9.53 Å². The molecule has 1 aromatic rings. The number of hydrogen-bond donors (Lipinski definition) is 0. The number of benzene rings is 1. The van der Waals surface area contributed by atoms with Gasteiger partial charge in [-0.1, -0.05) is 27.5 Å². The topological polar surface area (TPSA) is 38.7 Å². The quantitative estimate of drug-likeness (QED) is 0.486. The van der Waals surface area contributed by atoms with Gasteiger partial charge in [-0.25, -0.2) is 0 Å². The lowest BCUT2D eigenvalue weighted by molar-refractivity contribution is -0.106. The van der Waals surface area contributed by atoms with Crippen LogP contribution in [0.1, 0.15) is 0 Å². The average molecular weight is 291 g/mol. The summed E-state index contributed by atoms with van der Waals surface area (Å²) < 4.78 is 5.03. The molecule has 0 heterocycles. The summed E-state index contributed by atoms with van der Waals surface area (Å²) >= 11 is 8.95. The Morgan fingerprint density at radius 3 is 2.93 bits per heavy atom. The third-order valence-electron chi connectivity index (χ3n) is 1.63. The van der Waals surface area contributed by atoms with Gasteiger partial charge in [-0.3, -0.25) is 4.99 Å². The van der Waals surface area contributed by atoms with Gasteiger partial charge in [-0.2, -0.15) is 0 Å². The average Bonchev–Trinajstić information content (AvgIpc) is 2.27. The number of nitrogens with zero attached hydrogens (tertiary/aromatic N) is 1. The third-order valence-corrected chi connectivity index (χ3v) is 2.40. The second-order valence-corrected chi connectivity index (χ2v) is 4.14. The van der Waals surface area contributed by atoms with E-state index in [0.717, 1.165) is 6.29 Å². The van der Waals surface area contributed by atoms with Crippen LogP contribution in [0.4, 0.5) is 5.69 Å². The summed E-state index contributed by atoms with van der Waals surface area (Å²) in [6.45, 7) is 0. The first-order chi connectivity index (χ1) is 7.17. The van der Waals surface area contributed by atoms with Crippen molar-refractivity contribution < 1.29 is 9.53 Å². The lowest BCUT2D eigenvalue weighted by atomic mass is 10.3. The monoisotopic (exact) mass is 289 g/mol. The molecule has 5 heteroatoms. The molecular formula is C10H9BrClNO2. The second-order valence-electron chi connectivity index (χ2n) is 2.68. The molecule has 0 bridgehead atoms. The Hall–Kier alpha value is -0.870. The molecule has 0 amide bonds. The van der Waals surface area contributed by atoms with E-state index >= 15 is 0 Å². The Morgan fingerprint density at radius 1 is 1.60 bits per heavy atom. The molecule has 3 nitrogen and oxygen atoms in total. The Labute approximate surface area is 101 Å². The van der Waals surface area contributed by atoms with Crippen LogP contribution in [0.5, 0.6) is 5.75 Å². The van der Waals surface area contributed by atoms with Crippen molar-refractivity contribution in [2.24, 2.45) is 4.99 Å². The fraction of sp³-hybridized carbons (Fsp3) is 0.200. The highest BCUT2D eigenvalue weighted by Crippen LogP contribution is 2.28. The maximum absolute atomic E-state index is 10.3. The fourth-order valence-corrected chi connectivity index (χ4v) is 1.23.